The quantitative estimate of drug-likeness (QED) is 0.358. The molecule has 1 amide bonds. The van der Waals surface area contributed by atoms with Gasteiger partial charge in [-0.15, -0.1) is 0 Å². The van der Waals surface area contributed by atoms with Crippen molar-refractivity contribution in [3.05, 3.63) is 88.8 Å². The highest BCUT2D eigenvalue weighted by Gasteiger charge is 2.48. The predicted octanol–water partition coefficient (Wildman–Crippen LogP) is 4.34. The van der Waals surface area contributed by atoms with Gasteiger partial charge in [0, 0.05) is 11.9 Å². The number of nitrogens with zero attached hydrogens (tertiary/aromatic N) is 2. The molecular weight excluding hydrogens is 420 g/mol. The first-order chi connectivity index (χ1) is 15.9. The third-order valence-electron chi connectivity index (χ3n) is 5.70. The van der Waals surface area contributed by atoms with E-state index in [9.17, 15) is 14.7 Å². The maximum absolute atomic E-state index is 13.4. The number of carbonyl (C=O) groups excluding carboxylic acids is 2. The third kappa shape index (κ3) is 3.71. The minimum atomic E-state index is -0.929. The van der Waals surface area contributed by atoms with Crippen LogP contribution in [0.3, 0.4) is 0 Å². The number of aliphatic hydroxyl groups is 1. The van der Waals surface area contributed by atoms with Crippen molar-refractivity contribution in [2.24, 2.45) is 0 Å². The zero-order valence-corrected chi connectivity index (χ0v) is 18.8. The lowest BCUT2D eigenvalue weighted by molar-refractivity contribution is -0.132. The summed E-state index contributed by atoms with van der Waals surface area (Å²) in [5.74, 6) is -1.31. The highest BCUT2D eigenvalue weighted by molar-refractivity contribution is 6.51. The van der Waals surface area contributed by atoms with Crippen molar-refractivity contribution in [2.45, 2.75) is 19.9 Å². The number of ether oxygens (including phenoxy) is 2. The minimum Gasteiger partial charge on any atom is -0.506 e. The standard InChI is InChI=1S/C26H24N2O5/c1-15-11-12-16(2)18(14-15)28-23(17-8-5-6-13-27-17)22(25(30)26(28)31)24(29)21-19(32-3)9-7-10-20(21)33-4/h5-14,23,29H,1-4H3/b24-22+. The van der Waals surface area contributed by atoms with Gasteiger partial charge in [0.15, 0.2) is 0 Å². The van der Waals surface area contributed by atoms with Crippen molar-refractivity contribution in [2.75, 3.05) is 19.1 Å². The van der Waals surface area contributed by atoms with Crippen LogP contribution >= 0.6 is 0 Å². The average molecular weight is 444 g/mol. The predicted molar refractivity (Wildman–Crippen MR) is 124 cm³/mol. The fourth-order valence-corrected chi connectivity index (χ4v) is 4.10. The van der Waals surface area contributed by atoms with Crippen molar-refractivity contribution in [1.29, 1.82) is 0 Å². The highest BCUT2D eigenvalue weighted by Crippen LogP contribution is 2.45. The summed E-state index contributed by atoms with van der Waals surface area (Å²) < 4.78 is 10.8. The minimum absolute atomic E-state index is 0.0811. The molecule has 168 valence electrons. The van der Waals surface area contributed by atoms with Crippen LogP contribution in [-0.2, 0) is 9.59 Å². The van der Waals surface area contributed by atoms with Gasteiger partial charge in [-0.3, -0.25) is 19.5 Å². The van der Waals surface area contributed by atoms with Crippen LogP contribution in [0.1, 0.15) is 28.4 Å². The number of rotatable bonds is 5. The number of aromatic nitrogens is 1. The lowest BCUT2D eigenvalue weighted by atomic mass is 9.97. The Morgan fingerprint density at radius 3 is 2.27 bits per heavy atom. The Balaban J connectivity index is 2.03. The molecule has 2 aromatic carbocycles. The molecule has 0 bridgehead atoms. The van der Waals surface area contributed by atoms with Crippen LogP contribution in [-0.4, -0.2) is 36.0 Å². The maximum atomic E-state index is 13.4. The van der Waals surface area contributed by atoms with E-state index in [0.29, 0.717) is 22.9 Å². The molecule has 7 heteroatoms. The summed E-state index contributed by atoms with van der Waals surface area (Å²) in [6.45, 7) is 3.78. The van der Waals surface area contributed by atoms with Crippen molar-refractivity contribution in [3.63, 3.8) is 0 Å². The normalized spacial score (nSPS) is 17.3. The molecule has 2 heterocycles. The van der Waals surface area contributed by atoms with E-state index in [2.05, 4.69) is 4.98 Å². The molecular formula is C26H24N2O5. The van der Waals surface area contributed by atoms with Gasteiger partial charge in [0.1, 0.15) is 28.9 Å². The van der Waals surface area contributed by atoms with E-state index in [1.165, 1.54) is 19.1 Å². The Kier molecular flexibility index (Phi) is 5.87. The molecule has 1 aromatic heterocycles. The van der Waals surface area contributed by atoms with Crippen molar-refractivity contribution < 1.29 is 24.2 Å². The Morgan fingerprint density at radius 2 is 1.67 bits per heavy atom. The third-order valence-corrected chi connectivity index (χ3v) is 5.70. The molecule has 1 unspecified atom stereocenters. The molecule has 1 atom stereocenters. The zero-order valence-electron chi connectivity index (χ0n) is 18.8. The Labute approximate surface area is 191 Å². The van der Waals surface area contributed by atoms with Gasteiger partial charge in [0.25, 0.3) is 11.7 Å². The summed E-state index contributed by atoms with van der Waals surface area (Å²) in [5.41, 5.74) is 2.90. The molecule has 1 fully saturated rings. The summed E-state index contributed by atoms with van der Waals surface area (Å²) in [7, 11) is 2.91. The second-order valence-corrected chi connectivity index (χ2v) is 7.75. The van der Waals surface area contributed by atoms with Crippen LogP contribution in [0.4, 0.5) is 5.69 Å². The van der Waals surface area contributed by atoms with Gasteiger partial charge in [0.2, 0.25) is 0 Å². The Hall–Kier alpha value is -4.13. The molecule has 1 saturated heterocycles. The first-order valence-electron chi connectivity index (χ1n) is 10.4. The highest BCUT2D eigenvalue weighted by atomic mass is 16.5. The summed E-state index contributed by atoms with van der Waals surface area (Å²) in [6, 6.07) is 15.0. The molecule has 1 N–H and O–H groups in total. The SMILES string of the molecule is COc1cccc(OC)c1/C(O)=C1\C(=O)C(=O)N(c2cc(C)ccc2C)C1c1ccccn1. The average Bonchev–Trinajstić information content (AvgIpc) is 3.10. The smallest absolute Gasteiger partial charge is 0.300 e. The lowest BCUT2D eigenvalue weighted by Gasteiger charge is -2.26. The van der Waals surface area contributed by atoms with E-state index >= 15 is 0 Å². The van der Waals surface area contributed by atoms with Crippen LogP contribution in [0.2, 0.25) is 0 Å². The molecule has 4 rings (SSSR count). The van der Waals surface area contributed by atoms with Crippen LogP contribution < -0.4 is 14.4 Å². The van der Waals surface area contributed by atoms with E-state index in [4.69, 9.17) is 9.47 Å². The van der Waals surface area contributed by atoms with Crippen molar-refractivity contribution in [3.8, 4) is 11.5 Å². The molecule has 0 radical (unpaired) electrons. The van der Waals surface area contributed by atoms with Gasteiger partial charge >= 0.3 is 0 Å². The van der Waals surface area contributed by atoms with Crippen molar-refractivity contribution >= 4 is 23.1 Å². The number of aliphatic hydroxyl groups excluding tert-OH is 1. The largest absolute Gasteiger partial charge is 0.506 e. The number of carbonyl (C=O) groups is 2. The molecule has 1 aliphatic heterocycles. The number of hydrogen-bond acceptors (Lipinski definition) is 6. The number of hydrogen-bond donors (Lipinski definition) is 1. The molecule has 33 heavy (non-hydrogen) atoms. The summed E-state index contributed by atoms with van der Waals surface area (Å²) in [6.07, 6.45) is 1.59. The Bertz CT molecular complexity index is 1240. The van der Waals surface area contributed by atoms with Crippen LogP contribution in [0.15, 0.2) is 66.4 Å². The second kappa shape index (κ2) is 8.78. The van der Waals surface area contributed by atoms with E-state index in [-0.39, 0.29) is 16.9 Å². The number of pyridine rings is 1. The summed E-state index contributed by atoms with van der Waals surface area (Å²) in [5, 5.41) is 11.4. The fourth-order valence-electron chi connectivity index (χ4n) is 4.10. The van der Waals surface area contributed by atoms with E-state index < -0.39 is 17.7 Å². The van der Waals surface area contributed by atoms with Gasteiger partial charge in [0.05, 0.1) is 25.5 Å². The number of amides is 1. The summed E-state index contributed by atoms with van der Waals surface area (Å²) in [4.78, 5) is 32.5. The molecule has 3 aromatic rings. The van der Waals surface area contributed by atoms with Gasteiger partial charge < -0.3 is 14.6 Å². The van der Waals surface area contributed by atoms with Crippen LogP contribution in [0.5, 0.6) is 11.5 Å². The zero-order chi connectivity index (χ0) is 23.7. The monoisotopic (exact) mass is 444 g/mol. The Morgan fingerprint density at radius 1 is 0.970 bits per heavy atom. The number of ketones is 1. The van der Waals surface area contributed by atoms with Gasteiger partial charge in [-0.25, -0.2) is 0 Å². The maximum Gasteiger partial charge on any atom is 0.300 e. The van der Waals surface area contributed by atoms with Crippen molar-refractivity contribution in [1.82, 2.24) is 4.98 Å². The van der Waals surface area contributed by atoms with Gasteiger partial charge in [-0.2, -0.15) is 0 Å². The number of methoxy groups -OCH3 is 2. The van der Waals surface area contributed by atoms with Gasteiger partial charge in [-0.05, 0) is 55.3 Å². The number of anilines is 1. The molecule has 1 aliphatic rings. The van der Waals surface area contributed by atoms with E-state index in [0.717, 1.165) is 11.1 Å². The lowest BCUT2D eigenvalue weighted by Crippen LogP contribution is -2.30. The van der Waals surface area contributed by atoms with E-state index in [1.54, 1.807) is 42.6 Å². The topological polar surface area (TPSA) is 89.0 Å². The number of benzene rings is 2. The first-order valence-corrected chi connectivity index (χ1v) is 10.4. The fraction of sp³-hybridized carbons (Fsp3) is 0.192. The molecule has 0 spiro atoms. The second-order valence-electron chi connectivity index (χ2n) is 7.75. The number of aryl methyl sites for hydroxylation is 2. The number of Topliss-reactive ketones (excluding diaryl/α,β-unsaturated/α-hetero) is 1. The van der Waals surface area contributed by atoms with Crippen LogP contribution in [0, 0.1) is 13.8 Å². The van der Waals surface area contributed by atoms with Gasteiger partial charge in [-0.1, -0.05) is 24.3 Å². The first kappa shape index (κ1) is 22.1. The molecule has 7 nitrogen and oxygen atoms in total. The molecule has 0 saturated carbocycles. The molecule has 0 aliphatic carbocycles. The van der Waals surface area contributed by atoms with E-state index in [1.807, 2.05) is 32.0 Å². The van der Waals surface area contributed by atoms with Crippen LogP contribution in [0.25, 0.3) is 5.76 Å². The summed E-state index contributed by atoms with van der Waals surface area (Å²) >= 11 is 0.